The molecule has 7 rings (SSSR count). The van der Waals surface area contributed by atoms with Crippen molar-refractivity contribution in [3.8, 4) is 62.0 Å². The van der Waals surface area contributed by atoms with Gasteiger partial charge >= 0.3 is 0 Å². The van der Waals surface area contributed by atoms with Gasteiger partial charge in [-0.15, -0.1) is 0 Å². The fourth-order valence-corrected chi connectivity index (χ4v) is 5.76. The van der Waals surface area contributed by atoms with E-state index in [0.717, 1.165) is 66.7 Å². The molecule has 0 aliphatic heterocycles. The lowest BCUT2D eigenvalue weighted by molar-refractivity contribution is 1.32. The lowest BCUT2D eigenvalue weighted by atomic mass is 9.92. The van der Waals surface area contributed by atoms with Gasteiger partial charge in [0.25, 0.3) is 0 Å². The van der Waals surface area contributed by atoms with Gasteiger partial charge in [-0.2, -0.15) is 5.26 Å². The van der Waals surface area contributed by atoms with Crippen molar-refractivity contribution in [1.82, 2.24) is 4.98 Å². The van der Waals surface area contributed by atoms with Crippen molar-refractivity contribution in [1.29, 1.82) is 5.26 Å². The number of fused-ring (bicyclic) bond motifs is 1. The monoisotopic (exact) mass is 559 g/mol. The predicted octanol–water partition coefficient (Wildman–Crippen LogP) is 11.0. The van der Waals surface area contributed by atoms with Gasteiger partial charge in [0, 0.05) is 16.7 Å². The number of pyridine rings is 1. The SMILES string of the molecule is [C-]#[N+]c1cc(C#N)cc(-c2cccc3c(-c4ccc(-c5cc(-c6ccccc6)cc(-c6ccccc6)n5)cc4)cccc23)c1. The largest absolute Gasteiger partial charge is 0.248 e. The molecule has 3 heteroatoms. The highest BCUT2D eigenvalue weighted by Crippen LogP contribution is 2.37. The summed E-state index contributed by atoms with van der Waals surface area (Å²) < 4.78 is 0. The van der Waals surface area contributed by atoms with Gasteiger partial charge in [-0.3, -0.25) is 0 Å². The molecule has 44 heavy (non-hydrogen) atoms. The Kier molecular flexibility index (Phi) is 6.97. The average molecular weight is 560 g/mol. The molecule has 204 valence electrons. The molecule has 0 radical (unpaired) electrons. The van der Waals surface area contributed by atoms with Gasteiger partial charge in [0.15, 0.2) is 5.69 Å². The van der Waals surface area contributed by atoms with E-state index in [2.05, 4.69) is 114 Å². The van der Waals surface area contributed by atoms with Gasteiger partial charge in [-0.05, 0) is 74.5 Å². The minimum Gasteiger partial charge on any atom is -0.248 e. The van der Waals surface area contributed by atoms with E-state index in [1.54, 1.807) is 6.07 Å². The molecule has 0 spiro atoms. The molecule has 0 atom stereocenters. The number of hydrogen-bond donors (Lipinski definition) is 0. The topological polar surface area (TPSA) is 41.0 Å². The molecule has 0 amide bonds. The number of rotatable bonds is 5. The smallest absolute Gasteiger partial charge is 0.189 e. The number of benzene rings is 6. The van der Waals surface area contributed by atoms with E-state index in [4.69, 9.17) is 11.6 Å². The van der Waals surface area contributed by atoms with Crippen molar-refractivity contribution in [3.05, 3.63) is 169 Å². The maximum Gasteiger partial charge on any atom is 0.189 e. The molecular formula is C41H25N3. The summed E-state index contributed by atoms with van der Waals surface area (Å²) >= 11 is 0. The first-order chi connectivity index (χ1) is 21.7. The molecule has 6 aromatic carbocycles. The maximum absolute atomic E-state index is 9.53. The second-order valence-corrected chi connectivity index (χ2v) is 10.6. The van der Waals surface area contributed by atoms with Crippen LogP contribution in [0.15, 0.2) is 152 Å². The van der Waals surface area contributed by atoms with Gasteiger partial charge in [0.2, 0.25) is 0 Å². The van der Waals surface area contributed by atoms with Gasteiger partial charge in [0.1, 0.15) is 0 Å². The Morgan fingerprint density at radius 1 is 0.477 bits per heavy atom. The van der Waals surface area contributed by atoms with E-state index < -0.39 is 0 Å². The van der Waals surface area contributed by atoms with Crippen molar-refractivity contribution < 1.29 is 0 Å². The van der Waals surface area contributed by atoms with Crippen LogP contribution < -0.4 is 0 Å². The van der Waals surface area contributed by atoms with E-state index in [9.17, 15) is 5.26 Å². The quantitative estimate of drug-likeness (QED) is 0.197. The predicted molar refractivity (Wildman–Crippen MR) is 180 cm³/mol. The lowest BCUT2D eigenvalue weighted by Gasteiger charge is -2.13. The summed E-state index contributed by atoms with van der Waals surface area (Å²) in [5.41, 5.74) is 11.3. The molecule has 7 aromatic rings. The Morgan fingerprint density at radius 3 is 1.61 bits per heavy atom. The Morgan fingerprint density at radius 2 is 1.02 bits per heavy atom. The van der Waals surface area contributed by atoms with E-state index in [-0.39, 0.29) is 0 Å². The zero-order valence-corrected chi connectivity index (χ0v) is 23.8. The van der Waals surface area contributed by atoms with Crippen LogP contribution in [0.5, 0.6) is 0 Å². The summed E-state index contributed by atoms with van der Waals surface area (Å²) in [4.78, 5) is 8.66. The normalized spacial score (nSPS) is 10.7. The third-order valence-corrected chi connectivity index (χ3v) is 7.90. The first-order valence-electron chi connectivity index (χ1n) is 14.4. The Hall–Kier alpha value is -6.29. The molecule has 1 aromatic heterocycles. The van der Waals surface area contributed by atoms with Crippen LogP contribution in [0.3, 0.4) is 0 Å². The highest BCUT2D eigenvalue weighted by Gasteiger charge is 2.12. The zero-order chi connectivity index (χ0) is 29.9. The molecule has 0 saturated heterocycles. The lowest BCUT2D eigenvalue weighted by Crippen LogP contribution is -1.91. The van der Waals surface area contributed by atoms with Crippen LogP contribution in [-0.2, 0) is 0 Å². The number of aromatic nitrogens is 1. The van der Waals surface area contributed by atoms with E-state index in [0.29, 0.717) is 11.3 Å². The number of hydrogen-bond acceptors (Lipinski definition) is 2. The first kappa shape index (κ1) is 26.6. The fraction of sp³-hybridized carbons (Fsp3) is 0. The number of nitrogens with zero attached hydrogens (tertiary/aromatic N) is 3. The minimum atomic E-state index is 0.461. The molecule has 0 aliphatic carbocycles. The second-order valence-electron chi connectivity index (χ2n) is 10.6. The standard InChI is InChI=1S/C41H25N3/c1-43-35-23-28(27-42)22-34(24-35)37-15-9-16-38-36(14-8-17-39(37)38)30-18-20-32(21-19-30)41-26-33(29-10-4-2-5-11-29)25-40(44-41)31-12-6-3-7-13-31/h2-26H. The zero-order valence-electron chi connectivity index (χ0n) is 23.8. The molecule has 0 aliphatic rings. The van der Waals surface area contributed by atoms with E-state index in [1.807, 2.05) is 42.5 Å². The van der Waals surface area contributed by atoms with Crippen LogP contribution in [0.2, 0.25) is 0 Å². The molecule has 1 heterocycles. The van der Waals surface area contributed by atoms with Gasteiger partial charge in [-0.25, -0.2) is 9.83 Å². The molecule has 0 fully saturated rings. The summed E-state index contributed by atoms with van der Waals surface area (Å²) in [6.07, 6.45) is 0. The van der Waals surface area contributed by atoms with Crippen LogP contribution in [0, 0.1) is 17.9 Å². The van der Waals surface area contributed by atoms with Crippen molar-refractivity contribution >= 4 is 16.5 Å². The van der Waals surface area contributed by atoms with Crippen LogP contribution >= 0.6 is 0 Å². The number of nitriles is 1. The highest BCUT2D eigenvalue weighted by molar-refractivity contribution is 6.04. The minimum absolute atomic E-state index is 0.461. The summed E-state index contributed by atoms with van der Waals surface area (Å²) in [5.74, 6) is 0. The summed E-state index contributed by atoms with van der Waals surface area (Å²) in [7, 11) is 0. The van der Waals surface area contributed by atoms with E-state index >= 15 is 0 Å². The molecule has 3 nitrogen and oxygen atoms in total. The van der Waals surface area contributed by atoms with Crippen LogP contribution in [0.4, 0.5) is 5.69 Å². The van der Waals surface area contributed by atoms with Crippen LogP contribution in [0.25, 0.3) is 71.5 Å². The van der Waals surface area contributed by atoms with Crippen molar-refractivity contribution in [2.75, 3.05) is 0 Å². The van der Waals surface area contributed by atoms with Gasteiger partial charge < -0.3 is 0 Å². The van der Waals surface area contributed by atoms with Gasteiger partial charge in [-0.1, -0.05) is 121 Å². The Balaban J connectivity index is 1.31. The molecule has 0 N–H and O–H groups in total. The van der Waals surface area contributed by atoms with E-state index in [1.165, 1.54) is 0 Å². The fourth-order valence-electron chi connectivity index (χ4n) is 5.76. The van der Waals surface area contributed by atoms with Gasteiger partial charge in [0.05, 0.1) is 24.0 Å². The second kappa shape index (κ2) is 11.5. The first-order valence-corrected chi connectivity index (χ1v) is 14.4. The van der Waals surface area contributed by atoms with Crippen molar-refractivity contribution in [2.45, 2.75) is 0 Å². The van der Waals surface area contributed by atoms with Crippen LogP contribution in [0.1, 0.15) is 5.56 Å². The van der Waals surface area contributed by atoms with Crippen molar-refractivity contribution in [3.63, 3.8) is 0 Å². The third-order valence-electron chi connectivity index (χ3n) is 7.90. The molecule has 0 bridgehead atoms. The Labute approximate surface area is 256 Å². The molecule has 0 saturated carbocycles. The average Bonchev–Trinajstić information content (AvgIpc) is 3.11. The maximum atomic E-state index is 9.53. The highest BCUT2D eigenvalue weighted by atomic mass is 14.7. The molecular weight excluding hydrogens is 534 g/mol. The summed E-state index contributed by atoms with van der Waals surface area (Å²) in [5, 5.41) is 11.7. The molecule has 0 unspecified atom stereocenters. The van der Waals surface area contributed by atoms with Crippen LogP contribution in [-0.4, -0.2) is 4.98 Å². The Bertz CT molecular complexity index is 2130. The van der Waals surface area contributed by atoms with Crippen molar-refractivity contribution in [2.24, 2.45) is 0 Å². The third kappa shape index (κ3) is 5.12. The summed E-state index contributed by atoms with van der Waals surface area (Å²) in [6.45, 7) is 7.49. The summed E-state index contributed by atoms with van der Waals surface area (Å²) in [6, 6.07) is 53.7.